The summed E-state index contributed by atoms with van der Waals surface area (Å²) < 4.78 is 7.34. The van der Waals surface area contributed by atoms with E-state index in [1.54, 1.807) is 17.1 Å². The average Bonchev–Trinajstić information content (AvgIpc) is 2.76. The molecule has 5 nitrogen and oxygen atoms in total. The van der Waals surface area contributed by atoms with Crippen LogP contribution in [0.4, 0.5) is 0 Å². The van der Waals surface area contributed by atoms with E-state index in [9.17, 15) is 4.79 Å². The van der Waals surface area contributed by atoms with Crippen molar-refractivity contribution in [2.45, 2.75) is 13.5 Å². The largest absolute Gasteiger partial charge is 0.457 e. The normalized spacial score (nSPS) is 10.5. The van der Waals surface area contributed by atoms with E-state index in [0.29, 0.717) is 16.9 Å². The van der Waals surface area contributed by atoms with Crippen LogP contribution in [0.15, 0.2) is 27.6 Å². The second kappa shape index (κ2) is 3.98. The molecule has 6 heteroatoms. The van der Waals surface area contributed by atoms with Gasteiger partial charge in [0.25, 0.3) is 0 Å². The van der Waals surface area contributed by atoms with E-state index in [2.05, 4.69) is 26.2 Å². The first kappa shape index (κ1) is 10.1. The molecule has 0 bridgehead atoms. The van der Waals surface area contributed by atoms with Crippen molar-refractivity contribution in [2.75, 3.05) is 0 Å². The molecule has 2 aromatic rings. The third-order valence-electron chi connectivity index (χ3n) is 1.87. The first-order valence-corrected chi connectivity index (χ1v) is 5.08. The molecule has 2 heterocycles. The van der Waals surface area contributed by atoms with E-state index in [1.165, 1.54) is 6.92 Å². The van der Waals surface area contributed by atoms with Crippen molar-refractivity contribution in [1.29, 1.82) is 0 Å². The Morgan fingerprint density at radius 1 is 1.67 bits per heavy atom. The predicted molar refractivity (Wildman–Crippen MR) is 55.5 cm³/mol. The van der Waals surface area contributed by atoms with Crippen molar-refractivity contribution < 1.29 is 9.21 Å². The van der Waals surface area contributed by atoms with Crippen molar-refractivity contribution in [3.05, 3.63) is 34.5 Å². The maximum Gasteiger partial charge on any atom is 0.181 e. The molecule has 0 atom stereocenters. The Kier molecular flexibility index (Phi) is 2.68. The molecule has 0 saturated carbocycles. The average molecular weight is 270 g/mol. The molecule has 15 heavy (non-hydrogen) atoms. The lowest BCUT2D eigenvalue weighted by atomic mass is 10.3. The molecule has 0 fully saturated rings. The van der Waals surface area contributed by atoms with Crippen LogP contribution in [0.3, 0.4) is 0 Å². The van der Waals surface area contributed by atoms with E-state index in [1.807, 2.05) is 6.07 Å². The van der Waals surface area contributed by atoms with Gasteiger partial charge in [0, 0.05) is 12.5 Å². The smallest absolute Gasteiger partial charge is 0.181 e. The molecule has 2 rings (SSSR count). The number of furan rings is 1. The van der Waals surface area contributed by atoms with Crippen LogP contribution in [0.25, 0.3) is 0 Å². The topological polar surface area (TPSA) is 60.9 Å². The fraction of sp³-hybridized carbons (Fsp3) is 0.222. The number of aromatic nitrogens is 3. The fourth-order valence-corrected chi connectivity index (χ4v) is 1.54. The highest BCUT2D eigenvalue weighted by Gasteiger charge is 2.06. The molecule has 0 aliphatic rings. The lowest BCUT2D eigenvalue weighted by Gasteiger charge is -1.93. The SMILES string of the molecule is CC(=O)c1cn(Cc2coc(Br)c2)nn1. The number of halogens is 1. The number of ketones is 1. The van der Waals surface area contributed by atoms with E-state index < -0.39 is 0 Å². The monoisotopic (exact) mass is 269 g/mol. The Labute approximate surface area is 94.2 Å². The summed E-state index contributed by atoms with van der Waals surface area (Å²) in [6.07, 6.45) is 3.24. The van der Waals surface area contributed by atoms with E-state index in [4.69, 9.17) is 4.42 Å². The molecule has 0 saturated heterocycles. The van der Waals surface area contributed by atoms with Gasteiger partial charge in [0.1, 0.15) is 5.69 Å². The molecule has 0 radical (unpaired) electrons. The summed E-state index contributed by atoms with van der Waals surface area (Å²) >= 11 is 3.21. The molecule has 0 N–H and O–H groups in total. The van der Waals surface area contributed by atoms with Gasteiger partial charge in [0.15, 0.2) is 10.5 Å². The lowest BCUT2D eigenvalue weighted by Crippen LogP contribution is -1.98. The maximum absolute atomic E-state index is 11.0. The van der Waals surface area contributed by atoms with Crippen LogP contribution in [-0.4, -0.2) is 20.8 Å². The summed E-state index contributed by atoms with van der Waals surface area (Å²) in [5.74, 6) is -0.0883. The second-order valence-electron chi connectivity index (χ2n) is 3.12. The number of Topliss-reactive ketones (excluding diaryl/α,β-unsaturated/α-hetero) is 1. The second-order valence-corrected chi connectivity index (χ2v) is 3.90. The summed E-state index contributed by atoms with van der Waals surface area (Å²) in [7, 11) is 0. The van der Waals surface area contributed by atoms with E-state index >= 15 is 0 Å². The number of nitrogens with zero attached hydrogens (tertiary/aromatic N) is 3. The maximum atomic E-state index is 11.0. The minimum atomic E-state index is -0.0883. The Morgan fingerprint density at radius 2 is 2.47 bits per heavy atom. The molecule has 0 aromatic carbocycles. The summed E-state index contributed by atoms with van der Waals surface area (Å²) in [6, 6.07) is 1.84. The summed E-state index contributed by atoms with van der Waals surface area (Å²) in [6.45, 7) is 2.00. The van der Waals surface area contributed by atoms with Gasteiger partial charge in [0.05, 0.1) is 19.0 Å². The molecular weight excluding hydrogens is 262 g/mol. The number of hydrogen-bond acceptors (Lipinski definition) is 4. The third kappa shape index (κ3) is 2.33. The van der Waals surface area contributed by atoms with Gasteiger partial charge in [-0.25, -0.2) is 4.68 Å². The predicted octanol–water partition coefficient (Wildman–Crippen LogP) is 1.88. The zero-order valence-corrected chi connectivity index (χ0v) is 9.56. The van der Waals surface area contributed by atoms with Crippen molar-refractivity contribution in [3.8, 4) is 0 Å². The number of carbonyl (C=O) groups is 1. The van der Waals surface area contributed by atoms with Crippen LogP contribution in [0.2, 0.25) is 0 Å². The highest BCUT2D eigenvalue weighted by Crippen LogP contribution is 2.14. The highest BCUT2D eigenvalue weighted by molar-refractivity contribution is 9.10. The first-order chi connectivity index (χ1) is 7.15. The molecule has 0 spiro atoms. The molecule has 0 unspecified atom stereocenters. The number of rotatable bonds is 3. The number of hydrogen-bond donors (Lipinski definition) is 0. The van der Waals surface area contributed by atoms with Crippen molar-refractivity contribution in [3.63, 3.8) is 0 Å². The van der Waals surface area contributed by atoms with Crippen LogP contribution in [-0.2, 0) is 6.54 Å². The Hall–Kier alpha value is -1.43. The summed E-state index contributed by atoms with van der Waals surface area (Å²) in [4.78, 5) is 11.0. The quantitative estimate of drug-likeness (QED) is 0.799. The number of carbonyl (C=O) groups excluding carboxylic acids is 1. The van der Waals surface area contributed by atoms with E-state index in [-0.39, 0.29) is 5.78 Å². The Balaban J connectivity index is 2.14. The van der Waals surface area contributed by atoms with Crippen molar-refractivity contribution in [1.82, 2.24) is 15.0 Å². The summed E-state index contributed by atoms with van der Waals surface area (Å²) in [5, 5.41) is 7.57. The van der Waals surface area contributed by atoms with Crippen LogP contribution in [0.5, 0.6) is 0 Å². The van der Waals surface area contributed by atoms with Crippen LogP contribution in [0.1, 0.15) is 23.0 Å². The third-order valence-corrected chi connectivity index (χ3v) is 2.28. The molecular formula is C9H8BrN3O2. The minimum Gasteiger partial charge on any atom is -0.457 e. The highest BCUT2D eigenvalue weighted by atomic mass is 79.9. The molecule has 0 aliphatic carbocycles. The molecule has 78 valence electrons. The van der Waals surface area contributed by atoms with Gasteiger partial charge in [-0.05, 0) is 22.0 Å². The Bertz CT molecular complexity index is 489. The van der Waals surface area contributed by atoms with Gasteiger partial charge in [0.2, 0.25) is 0 Å². The van der Waals surface area contributed by atoms with Gasteiger partial charge in [-0.3, -0.25) is 4.79 Å². The van der Waals surface area contributed by atoms with Gasteiger partial charge >= 0.3 is 0 Å². The van der Waals surface area contributed by atoms with Crippen LogP contribution >= 0.6 is 15.9 Å². The summed E-state index contributed by atoms with van der Waals surface area (Å²) in [5.41, 5.74) is 1.33. The van der Waals surface area contributed by atoms with Crippen LogP contribution in [0, 0.1) is 0 Å². The van der Waals surface area contributed by atoms with Crippen LogP contribution < -0.4 is 0 Å². The zero-order chi connectivity index (χ0) is 10.8. The van der Waals surface area contributed by atoms with Gasteiger partial charge < -0.3 is 4.42 Å². The van der Waals surface area contributed by atoms with Crippen molar-refractivity contribution >= 4 is 21.7 Å². The lowest BCUT2D eigenvalue weighted by molar-refractivity contribution is 0.101. The van der Waals surface area contributed by atoms with Gasteiger partial charge in [-0.1, -0.05) is 5.21 Å². The zero-order valence-electron chi connectivity index (χ0n) is 7.98. The van der Waals surface area contributed by atoms with Gasteiger partial charge in [-0.2, -0.15) is 0 Å². The molecule has 2 aromatic heterocycles. The standard InChI is InChI=1S/C9H8BrN3O2/c1-6(14)8-4-13(12-11-8)3-7-2-9(10)15-5-7/h2,4-5H,3H2,1H3. The fourth-order valence-electron chi connectivity index (χ4n) is 1.15. The van der Waals surface area contributed by atoms with Gasteiger partial charge in [-0.15, -0.1) is 5.10 Å². The minimum absolute atomic E-state index is 0.0883. The molecule has 0 aliphatic heterocycles. The van der Waals surface area contributed by atoms with E-state index in [0.717, 1.165) is 5.56 Å². The van der Waals surface area contributed by atoms with Crippen molar-refractivity contribution in [2.24, 2.45) is 0 Å². The Morgan fingerprint density at radius 3 is 3.00 bits per heavy atom. The molecule has 0 amide bonds. The first-order valence-electron chi connectivity index (χ1n) is 4.29.